The zero-order chi connectivity index (χ0) is 13.5. The molecular formula is C13H19BrN2O2. The van der Waals surface area contributed by atoms with Gasteiger partial charge in [-0.05, 0) is 46.1 Å². The molecule has 0 saturated heterocycles. The molecule has 0 aliphatic rings. The molecule has 0 bridgehead atoms. The zero-order valence-corrected chi connectivity index (χ0v) is 12.3. The molecule has 0 heterocycles. The van der Waals surface area contributed by atoms with Crippen molar-refractivity contribution in [2.45, 2.75) is 13.3 Å². The van der Waals surface area contributed by atoms with Gasteiger partial charge in [0, 0.05) is 6.54 Å². The lowest BCUT2D eigenvalue weighted by Crippen LogP contribution is -2.32. The Labute approximate surface area is 116 Å². The number of methoxy groups -OCH3 is 1. The first-order valence-corrected chi connectivity index (χ1v) is 6.65. The predicted molar refractivity (Wildman–Crippen MR) is 75.6 cm³/mol. The number of benzene rings is 1. The number of nitrogens with one attached hydrogen (secondary N) is 1. The van der Waals surface area contributed by atoms with Gasteiger partial charge in [0.2, 0.25) is 5.91 Å². The van der Waals surface area contributed by atoms with E-state index in [9.17, 15) is 4.79 Å². The minimum absolute atomic E-state index is 0.00682. The van der Waals surface area contributed by atoms with Crippen molar-refractivity contribution in [3.63, 3.8) is 0 Å². The first-order valence-electron chi connectivity index (χ1n) is 5.86. The van der Waals surface area contributed by atoms with Crippen molar-refractivity contribution in [1.82, 2.24) is 5.32 Å². The third-order valence-corrected chi connectivity index (χ3v) is 3.25. The molecule has 18 heavy (non-hydrogen) atoms. The van der Waals surface area contributed by atoms with Crippen LogP contribution in [0.1, 0.15) is 12.5 Å². The summed E-state index contributed by atoms with van der Waals surface area (Å²) in [5.74, 6) is 1.07. The Bertz CT molecular complexity index is 410. The molecule has 1 rings (SSSR count). The predicted octanol–water partition coefficient (Wildman–Crippen LogP) is 1.71. The zero-order valence-electron chi connectivity index (χ0n) is 10.7. The molecule has 0 aromatic heterocycles. The Morgan fingerprint density at radius 2 is 2.28 bits per heavy atom. The third kappa shape index (κ3) is 4.66. The SMILES string of the molecule is COc1ccc(CC(=O)NCC(C)CN)cc1Br. The van der Waals surface area contributed by atoms with Crippen LogP contribution in [-0.4, -0.2) is 26.1 Å². The Morgan fingerprint density at radius 3 is 2.83 bits per heavy atom. The number of ether oxygens (including phenoxy) is 1. The van der Waals surface area contributed by atoms with Crippen LogP contribution in [0.15, 0.2) is 22.7 Å². The van der Waals surface area contributed by atoms with Crippen molar-refractivity contribution in [2.24, 2.45) is 11.7 Å². The normalized spacial score (nSPS) is 12.0. The molecule has 0 radical (unpaired) electrons. The quantitative estimate of drug-likeness (QED) is 0.840. The van der Waals surface area contributed by atoms with E-state index in [1.54, 1.807) is 7.11 Å². The van der Waals surface area contributed by atoms with Gasteiger partial charge >= 0.3 is 0 Å². The molecule has 0 spiro atoms. The van der Waals surface area contributed by atoms with Gasteiger partial charge in [-0.15, -0.1) is 0 Å². The van der Waals surface area contributed by atoms with Gasteiger partial charge in [-0.3, -0.25) is 4.79 Å². The highest BCUT2D eigenvalue weighted by molar-refractivity contribution is 9.10. The van der Waals surface area contributed by atoms with Crippen molar-refractivity contribution in [2.75, 3.05) is 20.2 Å². The van der Waals surface area contributed by atoms with Crippen LogP contribution in [0, 0.1) is 5.92 Å². The first-order chi connectivity index (χ1) is 8.56. The number of hydrogen-bond donors (Lipinski definition) is 2. The lowest BCUT2D eigenvalue weighted by Gasteiger charge is -2.10. The van der Waals surface area contributed by atoms with E-state index in [4.69, 9.17) is 10.5 Å². The largest absolute Gasteiger partial charge is 0.496 e. The average molecular weight is 315 g/mol. The molecule has 0 fully saturated rings. The fourth-order valence-corrected chi connectivity index (χ4v) is 2.03. The van der Waals surface area contributed by atoms with Crippen LogP contribution in [-0.2, 0) is 11.2 Å². The number of hydrogen-bond acceptors (Lipinski definition) is 3. The first kappa shape index (κ1) is 15.0. The third-order valence-electron chi connectivity index (χ3n) is 2.63. The number of halogens is 1. The number of rotatable bonds is 6. The van der Waals surface area contributed by atoms with Gasteiger partial charge in [0.15, 0.2) is 0 Å². The Hall–Kier alpha value is -1.07. The maximum absolute atomic E-state index is 11.7. The highest BCUT2D eigenvalue weighted by Crippen LogP contribution is 2.25. The second-order valence-electron chi connectivity index (χ2n) is 4.29. The molecule has 4 nitrogen and oxygen atoms in total. The number of nitrogens with two attached hydrogens (primary N) is 1. The summed E-state index contributed by atoms with van der Waals surface area (Å²) in [4.78, 5) is 11.7. The van der Waals surface area contributed by atoms with Crippen LogP contribution in [0.5, 0.6) is 5.75 Å². The molecular weight excluding hydrogens is 296 g/mol. The molecule has 5 heteroatoms. The van der Waals surface area contributed by atoms with Gasteiger partial charge in [-0.25, -0.2) is 0 Å². The van der Waals surface area contributed by atoms with Crippen molar-refractivity contribution < 1.29 is 9.53 Å². The molecule has 0 aliphatic carbocycles. The summed E-state index contributed by atoms with van der Waals surface area (Å²) in [5.41, 5.74) is 6.44. The summed E-state index contributed by atoms with van der Waals surface area (Å²) < 4.78 is 5.99. The highest BCUT2D eigenvalue weighted by Gasteiger charge is 2.07. The van der Waals surface area contributed by atoms with E-state index in [-0.39, 0.29) is 5.91 Å². The van der Waals surface area contributed by atoms with Crippen LogP contribution in [0.4, 0.5) is 0 Å². The minimum atomic E-state index is 0.00682. The van der Waals surface area contributed by atoms with Crippen LogP contribution < -0.4 is 15.8 Å². The molecule has 1 aromatic carbocycles. The van der Waals surface area contributed by atoms with Gasteiger partial charge in [-0.1, -0.05) is 13.0 Å². The van der Waals surface area contributed by atoms with Crippen LogP contribution in [0.25, 0.3) is 0 Å². The Balaban J connectivity index is 2.52. The molecule has 1 atom stereocenters. The lowest BCUT2D eigenvalue weighted by atomic mass is 10.1. The second kappa shape index (κ2) is 7.38. The molecule has 1 unspecified atom stereocenters. The second-order valence-corrected chi connectivity index (χ2v) is 5.14. The Kier molecular flexibility index (Phi) is 6.15. The van der Waals surface area contributed by atoms with Gasteiger partial charge in [-0.2, -0.15) is 0 Å². The molecule has 0 saturated carbocycles. The monoisotopic (exact) mass is 314 g/mol. The lowest BCUT2D eigenvalue weighted by molar-refractivity contribution is -0.120. The molecule has 1 aromatic rings. The van der Waals surface area contributed by atoms with Crippen LogP contribution in [0.3, 0.4) is 0 Å². The minimum Gasteiger partial charge on any atom is -0.496 e. The average Bonchev–Trinajstić information content (AvgIpc) is 2.36. The van der Waals surface area contributed by atoms with E-state index in [0.29, 0.717) is 25.4 Å². The molecule has 1 amide bonds. The fraction of sp³-hybridized carbons (Fsp3) is 0.462. The van der Waals surface area contributed by atoms with Crippen molar-refractivity contribution in [3.05, 3.63) is 28.2 Å². The van der Waals surface area contributed by atoms with E-state index in [1.807, 2.05) is 25.1 Å². The van der Waals surface area contributed by atoms with Crippen molar-refractivity contribution in [1.29, 1.82) is 0 Å². The summed E-state index contributed by atoms with van der Waals surface area (Å²) in [6.45, 7) is 3.20. The molecule has 100 valence electrons. The molecule has 3 N–H and O–H groups in total. The van der Waals surface area contributed by atoms with Crippen molar-refractivity contribution in [3.8, 4) is 5.75 Å². The van der Waals surface area contributed by atoms with Gasteiger partial charge < -0.3 is 15.8 Å². The number of amides is 1. The summed E-state index contributed by atoms with van der Waals surface area (Å²) in [6, 6.07) is 5.62. The number of carbonyl (C=O) groups is 1. The van der Waals surface area contributed by atoms with E-state index in [2.05, 4.69) is 21.2 Å². The Morgan fingerprint density at radius 1 is 1.56 bits per heavy atom. The van der Waals surface area contributed by atoms with Crippen LogP contribution >= 0.6 is 15.9 Å². The van der Waals surface area contributed by atoms with E-state index in [1.165, 1.54) is 0 Å². The van der Waals surface area contributed by atoms with Gasteiger partial charge in [0.1, 0.15) is 5.75 Å². The van der Waals surface area contributed by atoms with Gasteiger partial charge in [0.05, 0.1) is 18.0 Å². The summed E-state index contributed by atoms with van der Waals surface area (Å²) >= 11 is 3.40. The smallest absolute Gasteiger partial charge is 0.224 e. The summed E-state index contributed by atoms with van der Waals surface area (Å²) in [6.07, 6.45) is 0.361. The highest BCUT2D eigenvalue weighted by atomic mass is 79.9. The number of carbonyl (C=O) groups excluding carboxylic acids is 1. The summed E-state index contributed by atoms with van der Waals surface area (Å²) in [7, 11) is 1.61. The van der Waals surface area contributed by atoms with E-state index in [0.717, 1.165) is 15.8 Å². The van der Waals surface area contributed by atoms with Crippen molar-refractivity contribution >= 4 is 21.8 Å². The topological polar surface area (TPSA) is 64.3 Å². The van der Waals surface area contributed by atoms with E-state index >= 15 is 0 Å². The standard InChI is InChI=1S/C13H19BrN2O2/c1-9(7-15)8-16-13(17)6-10-3-4-12(18-2)11(14)5-10/h3-5,9H,6-8,15H2,1-2H3,(H,16,17). The fourth-order valence-electron chi connectivity index (χ4n) is 1.44. The van der Waals surface area contributed by atoms with Crippen LogP contribution in [0.2, 0.25) is 0 Å². The maximum atomic E-state index is 11.7. The molecule has 0 aliphatic heterocycles. The maximum Gasteiger partial charge on any atom is 0.224 e. The van der Waals surface area contributed by atoms with Gasteiger partial charge in [0.25, 0.3) is 0 Å². The summed E-state index contributed by atoms with van der Waals surface area (Å²) in [5, 5.41) is 2.86. The van der Waals surface area contributed by atoms with E-state index < -0.39 is 0 Å².